The molecule has 0 unspecified atom stereocenters. The van der Waals surface area contributed by atoms with Gasteiger partial charge in [0, 0.05) is 39.8 Å². The third-order valence-electron chi connectivity index (χ3n) is 3.60. The molecule has 0 amide bonds. The van der Waals surface area contributed by atoms with Crippen LogP contribution in [-0.4, -0.2) is 48.2 Å². The second-order valence-electron chi connectivity index (χ2n) is 5.81. The highest BCUT2D eigenvalue weighted by Gasteiger charge is 2.15. The number of para-hydroxylation sites is 1. The molecule has 2 rings (SSSR count). The van der Waals surface area contributed by atoms with Crippen LogP contribution in [0.2, 0.25) is 0 Å². The molecule has 1 aromatic heterocycles. The van der Waals surface area contributed by atoms with Crippen molar-refractivity contribution in [2.24, 2.45) is 7.05 Å². The largest absolute Gasteiger partial charge is 0.491 e. The molecule has 0 saturated heterocycles. The molecule has 0 saturated carbocycles. The highest BCUT2D eigenvalue weighted by Crippen LogP contribution is 2.20. The molecule has 0 aliphatic rings. The predicted molar refractivity (Wildman–Crippen MR) is 91.9 cm³/mol. The number of hydrogen-bond donors (Lipinski definition) is 2. The standard InChI is InChI=1S/C17H26N4O2/c1-13-16(17(20(2)3)21(4)19-13)11-18-10-14(22)12-23-15-8-6-5-7-9-15/h5-9,14,18,22H,10-12H2,1-4H3/t14-/m1/s1. The molecule has 23 heavy (non-hydrogen) atoms. The fraction of sp³-hybridized carbons (Fsp3) is 0.471. The molecule has 0 bridgehead atoms. The maximum atomic E-state index is 10.0. The van der Waals surface area contributed by atoms with Crippen LogP contribution in [0, 0.1) is 6.92 Å². The third kappa shape index (κ3) is 4.71. The molecule has 1 aromatic carbocycles. The molecule has 0 spiro atoms. The molecule has 6 nitrogen and oxygen atoms in total. The van der Waals surface area contributed by atoms with Gasteiger partial charge in [0.1, 0.15) is 24.3 Å². The smallest absolute Gasteiger partial charge is 0.130 e. The quantitative estimate of drug-likeness (QED) is 0.769. The normalized spacial score (nSPS) is 12.2. The molecule has 126 valence electrons. The van der Waals surface area contributed by atoms with Crippen molar-refractivity contribution in [3.63, 3.8) is 0 Å². The van der Waals surface area contributed by atoms with Gasteiger partial charge in [-0.1, -0.05) is 18.2 Å². The lowest BCUT2D eigenvalue weighted by Crippen LogP contribution is -2.31. The third-order valence-corrected chi connectivity index (χ3v) is 3.60. The van der Waals surface area contributed by atoms with Gasteiger partial charge in [-0.25, -0.2) is 0 Å². The topological polar surface area (TPSA) is 62.6 Å². The number of rotatable bonds is 8. The molecule has 0 fully saturated rings. The molecule has 0 aliphatic heterocycles. The number of benzene rings is 1. The lowest BCUT2D eigenvalue weighted by atomic mass is 10.2. The summed E-state index contributed by atoms with van der Waals surface area (Å²) in [6.07, 6.45) is -0.560. The van der Waals surface area contributed by atoms with Crippen LogP contribution in [0.4, 0.5) is 5.82 Å². The molecule has 2 N–H and O–H groups in total. The van der Waals surface area contributed by atoms with Gasteiger partial charge in [-0.05, 0) is 19.1 Å². The second-order valence-corrected chi connectivity index (χ2v) is 5.81. The van der Waals surface area contributed by atoms with E-state index in [4.69, 9.17) is 4.74 Å². The number of aromatic nitrogens is 2. The van der Waals surface area contributed by atoms with E-state index < -0.39 is 6.10 Å². The van der Waals surface area contributed by atoms with Crippen LogP contribution < -0.4 is 15.0 Å². The number of aliphatic hydroxyl groups is 1. The minimum Gasteiger partial charge on any atom is -0.491 e. The Hall–Kier alpha value is -2.05. The zero-order chi connectivity index (χ0) is 16.8. The predicted octanol–water partition coefficient (Wildman–Crippen LogP) is 1.32. The van der Waals surface area contributed by atoms with E-state index in [2.05, 4.69) is 10.4 Å². The number of aryl methyl sites for hydroxylation is 2. The summed E-state index contributed by atoms with van der Waals surface area (Å²) in [4.78, 5) is 2.05. The summed E-state index contributed by atoms with van der Waals surface area (Å²) in [6.45, 7) is 3.39. The van der Waals surface area contributed by atoms with Gasteiger partial charge in [-0.3, -0.25) is 4.68 Å². The van der Waals surface area contributed by atoms with Crippen LogP contribution in [0.15, 0.2) is 30.3 Å². The molecule has 2 aromatic rings. The lowest BCUT2D eigenvalue weighted by Gasteiger charge is -2.17. The van der Waals surface area contributed by atoms with Crippen LogP contribution in [-0.2, 0) is 13.6 Å². The van der Waals surface area contributed by atoms with Crippen LogP contribution in [0.5, 0.6) is 5.75 Å². The number of aliphatic hydroxyl groups excluding tert-OH is 1. The lowest BCUT2D eigenvalue weighted by molar-refractivity contribution is 0.106. The Morgan fingerprint density at radius 1 is 1.30 bits per heavy atom. The van der Waals surface area contributed by atoms with Crippen molar-refractivity contribution in [1.82, 2.24) is 15.1 Å². The van der Waals surface area contributed by atoms with Gasteiger partial charge < -0.3 is 20.1 Å². The number of anilines is 1. The SMILES string of the molecule is Cc1nn(C)c(N(C)C)c1CNC[C@@H](O)COc1ccccc1. The first-order chi connectivity index (χ1) is 11.0. The summed E-state index contributed by atoms with van der Waals surface area (Å²) in [6, 6.07) is 9.51. The maximum absolute atomic E-state index is 10.0. The molecular weight excluding hydrogens is 292 g/mol. The zero-order valence-corrected chi connectivity index (χ0v) is 14.3. The molecule has 0 radical (unpaired) electrons. The summed E-state index contributed by atoms with van der Waals surface area (Å²) in [5.41, 5.74) is 2.15. The minimum absolute atomic E-state index is 0.267. The van der Waals surface area contributed by atoms with Gasteiger partial charge in [0.05, 0.1) is 5.69 Å². The monoisotopic (exact) mass is 318 g/mol. The van der Waals surface area contributed by atoms with E-state index >= 15 is 0 Å². The van der Waals surface area contributed by atoms with Crippen LogP contribution in [0.1, 0.15) is 11.3 Å². The Morgan fingerprint density at radius 2 is 2.00 bits per heavy atom. The van der Waals surface area contributed by atoms with Gasteiger partial charge in [-0.2, -0.15) is 5.10 Å². The summed E-state index contributed by atoms with van der Waals surface area (Å²) in [7, 11) is 5.94. The molecule has 0 aliphatic carbocycles. The molecule has 1 atom stereocenters. The van der Waals surface area contributed by atoms with Crippen molar-refractivity contribution in [2.75, 3.05) is 32.1 Å². The van der Waals surface area contributed by atoms with E-state index in [0.29, 0.717) is 13.1 Å². The highest BCUT2D eigenvalue weighted by molar-refractivity contribution is 5.48. The molecular formula is C17H26N4O2. The van der Waals surface area contributed by atoms with Crippen LogP contribution >= 0.6 is 0 Å². The Balaban J connectivity index is 1.81. The van der Waals surface area contributed by atoms with Crippen molar-refractivity contribution in [2.45, 2.75) is 19.6 Å². The van der Waals surface area contributed by atoms with Crippen molar-refractivity contribution in [3.8, 4) is 5.75 Å². The summed E-state index contributed by atoms with van der Waals surface area (Å²) < 4.78 is 7.42. The number of nitrogens with zero attached hydrogens (tertiary/aromatic N) is 3. The van der Waals surface area contributed by atoms with Crippen LogP contribution in [0.3, 0.4) is 0 Å². The first-order valence-corrected chi connectivity index (χ1v) is 7.75. The van der Waals surface area contributed by atoms with Gasteiger partial charge in [0.25, 0.3) is 0 Å². The zero-order valence-electron chi connectivity index (χ0n) is 14.3. The summed E-state index contributed by atoms with van der Waals surface area (Å²) in [5, 5.41) is 17.8. The number of ether oxygens (including phenoxy) is 1. The maximum Gasteiger partial charge on any atom is 0.130 e. The molecule has 1 heterocycles. The van der Waals surface area contributed by atoms with E-state index in [0.717, 1.165) is 22.8 Å². The van der Waals surface area contributed by atoms with E-state index in [1.165, 1.54) is 0 Å². The van der Waals surface area contributed by atoms with Gasteiger partial charge in [-0.15, -0.1) is 0 Å². The Kier molecular flexibility index (Phi) is 6.01. The average Bonchev–Trinajstić information content (AvgIpc) is 2.80. The van der Waals surface area contributed by atoms with Gasteiger partial charge in [0.2, 0.25) is 0 Å². The summed E-state index contributed by atoms with van der Waals surface area (Å²) in [5.74, 6) is 1.84. The van der Waals surface area contributed by atoms with Crippen molar-refractivity contribution >= 4 is 5.82 Å². The van der Waals surface area contributed by atoms with E-state index in [1.54, 1.807) is 0 Å². The van der Waals surface area contributed by atoms with E-state index in [9.17, 15) is 5.11 Å². The number of hydrogen-bond acceptors (Lipinski definition) is 5. The van der Waals surface area contributed by atoms with E-state index in [1.807, 2.05) is 68.0 Å². The first-order valence-electron chi connectivity index (χ1n) is 7.75. The molecule has 6 heteroatoms. The van der Waals surface area contributed by atoms with E-state index in [-0.39, 0.29) is 6.61 Å². The first kappa shape index (κ1) is 17.3. The Bertz CT molecular complexity index is 611. The van der Waals surface area contributed by atoms with Gasteiger partial charge in [0.15, 0.2) is 0 Å². The van der Waals surface area contributed by atoms with Gasteiger partial charge >= 0.3 is 0 Å². The minimum atomic E-state index is -0.560. The number of nitrogens with one attached hydrogen (secondary N) is 1. The highest BCUT2D eigenvalue weighted by atomic mass is 16.5. The second kappa shape index (κ2) is 7.99. The van der Waals surface area contributed by atoms with Crippen molar-refractivity contribution in [1.29, 1.82) is 0 Å². The Labute approximate surface area is 137 Å². The Morgan fingerprint density at radius 3 is 2.65 bits per heavy atom. The summed E-state index contributed by atoms with van der Waals surface area (Å²) >= 11 is 0. The van der Waals surface area contributed by atoms with Crippen LogP contribution in [0.25, 0.3) is 0 Å². The van der Waals surface area contributed by atoms with Crippen molar-refractivity contribution < 1.29 is 9.84 Å². The average molecular weight is 318 g/mol. The van der Waals surface area contributed by atoms with Crippen molar-refractivity contribution in [3.05, 3.63) is 41.6 Å². The fourth-order valence-corrected chi connectivity index (χ4v) is 2.59. The fourth-order valence-electron chi connectivity index (χ4n) is 2.59.